The van der Waals surface area contributed by atoms with E-state index in [9.17, 15) is 9.90 Å². The molecule has 0 radical (unpaired) electrons. The summed E-state index contributed by atoms with van der Waals surface area (Å²) in [6.07, 6.45) is 0.761. The number of aliphatic hydroxyl groups excluding tert-OH is 1. The molecule has 2 rings (SSSR count). The summed E-state index contributed by atoms with van der Waals surface area (Å²) in [6.45, 7) is 0.413. The number of ether oxygens (including phenoxy) is 2. The fraction of sp³-hybridized carbons (Fsp3) is 0.357. The van der Waals surface area contributed by atoms with Gasteiger partial charge in [-0.25, -0.2) is 0 Å². The van der Waals surface area contributed by atoms with Gasteiger partial charge in [-0.2, -0.15) is 0 Å². The third-order valence-electron chi connectivity index (χ3n) is 2.93. The Morgan fingerprint density at radius 1 is 1.28 bits per heavy atom. The van der Waals surface area contributed by atoms with E-state index in [1.165, 1.54) is 13.2 Å². The average molecular weight is 248 g/mol. The minimum atomic E-state index is -1.15. The molecule has 1 aliphatic carbocycles. The fourth-order valence-electron chi connectivity index (χ4n) is 1.92. The largest absolute Gasteiger partial charge is 0.382 e. The van der Waals surface area contributed by atoms with E-state index in [1.54, 1.807) is 6.08 Å². The van der Waals surface area contributed by atoms with Crippen molar-refractivity contribution < 1.29 is 19.4 Å². The van der Waals surface area contributed by atoms with E-state index in [0.717, 1.165) is 5.56 Å². The van der Waals surface area contributed by atoms with Crippen LogP contribution in [0.1, 0.15) is 5.56 Å². The number of hydrogen-bond acceptors (Lipinski definition) is 4. The van der Waals surface area contributed by atoms with Crippen LogP contribution in [-0.4, -0.2) is 36.3 Å². The first-order chi connectivity index (χ1) is 8.72. The van der Waals surface area contributed by atoms with E-state index in [1.807, 2.05) is 30.3 Å². The Hall–Kier alpha value is -1.49. The Kier molecular flexibility index (Phi) is 4.25. The molecule has 4 nitrogen and oxygen atoms in total. The SMILES string of the molecule is CO[C@H]1[C@H](O)C(=O)C=C[C@H]1OCc1ccccc1. The molecule has 0 aliphatic heterocycles. The maximum atomic E-state index is 11.3. The molecule has 0 bridgehead atoms. The third-order valence-corrected chi connectivity index (χ3v) is 2.93. The summed E-state index contributed by atoms with van der Waals surface area (Å²) in [6, 6.07) is 9.71. The highest BCUT2D eigenvalue weighted by Crippen LogP contribution is 2.17. The number of ketones is 1. The van der Waals surface area contributed by atoms with Gasteiger partial charge in [0.25, 0.3) is 0 Å². The average Bonchev–Trinajstić information content (AvgIpc) is 2.41. The van der Waals surface area contributed by atoms with E-state index in [4.69, 9.17) is 9.47 Å². The number of methoxy groups -OCH3 is 1. The molecule has 1 aliphatic rings. The Morgan fingerprint density at radius 2 is 2.00 bits per heavy atom. The molecule has 0 spiro atoms. The summed E-state index contributed by atoms with van der Waals surface area (Å²) < 4.78 is 10.8. The molecule has 0 unspecified atom stereocenters. The van der Waals surface area contributed by atoms with E-state index >= 15 is 0 Å². The summed E-state index contributed by atoms with van der Waals surface area (Å²) in [5.41, 5.74) is 1.03. The van der Waals surface area contributed by atoms with Crippen molar-refractivity contribution in [2.24, 2.45) is 0 Å². The van der Waals surface area contributed by atoms with Gasteiger partial charge in [-0.15, -0.1) is 0 Å². The van der Waals surface area contributed by atoms with Crippen LogP contribution in [0.25, 0.3) is 0 Å². The zero-order valence-electron chi connectivity index (χ0n) is 10.2. The minimum Gasteiger partial charge on any atom is -0.382 e. The summed E-state index contributed by atoms with van der Waals surface area (Å²) in [7, 11) is 1.46. The second-order valence-corrected chi connectivity index (χ2v) is 4.17. The van der Waals surface area contributed by atoms with Crippen LogP contribution in [0.4, 0.5) is 0 Å². The minimum absolute atomic E-state index is 0.346. The van der Waals surface area contributed by atoms with Crippen molar-refractivity contribution in [2.45, 2.75) is 24.9 Å². The normalized spacial score (nSPS) is 27.4. The predicted molar refractivity (Wildman–Crippen MR) is 66.0 cm³/mol. The van der Waals surface area contributed by atoms with Gasteiger partial charge in [0.1, 0.15) is 18.3 Å². The Bertz CT molecular complexity index is 427. The van der Waals surface area contributed by atoms with Crippen molar-refractivity contribution in [1.29, 1.82) is 0 Å². The first-order valence-corrected chi connectivity index (χ1v) is 5.81. The quantitative estimate of drug-likeness (QED) is 0.866. The van der Waals surface area contributed by atoms with Crippen molar-refractivity contribution >= 4 is 5.78 Å². The maximum absolute atomic E-state index is 11.3. The molecule has 0 amide bonds. The molecular formula is C14H16O4. The lowest BCUT2D eigenvalue weighted by atomic mass is 9.97. The first-order valence-electron chi connectivity index (χ1n) is 5.81. The van der Waals surface area contributed by atoms with Crippen molar-refractivity contribution in [3.63, 3.8) is 0 Å². The topological polar surface area (TPSA) is 55.8 Å². The van der Waals surface area contributed by atoms with Crippen LogP contribution in [0.5, 0.6) is 0 Å². The van der Waals surface area contributed by atoms with Crippen molar-refractivity contribution in [2.75, 3.05) is 7.11 Å². The molecule has 0 heterocycles. The van der Waals surface area contributed by atoms with Gasteiger partial charge in [0.05, 0.1) is 6.61 Å². The van der Waals surface area contributed by atoms with Gasteiger partial charge >= 0.3 is 0 Å². The van der Waals surface area contributed by atoms with Crippen LogP contribution in [-0.2, 0) is 20.9 Å². The highest BCUT2D eigenvalue weighted by molar-refractivity contribution is 5.95. The van der Waals surface area contributed by atoms with Gasteiger partial charge < -0.3 is 14.6 Å². The molecule has 18 heavy (non-hydrogen) atoms. The molecule has 1 aromatic carbocycles. The molecule has 0 saturated carbocycles. The van der Waals surface area contributed by atoms with Crippen LogP contribution in [0.15, 0.2) is 42.5 Å². The monoisotopic (exact) mass is 248 g/mol. The number of aliphatic hydroxyl groups is 1. The number of benzene rings is 1. The van der Waals surface area contributed by atoms with Crippen LogP contribution in [0.3, 0.4) is 0 Å². The maximum Gasteiger partial charge on any atom is 0.186 e. The van der Waals surface area contributed by atoms with Crippen LogP contribution in [0, 0.1) is 0 Å². The van der Waals surface area contributed by atoms with Crippen LogP contribution < -0.4 is 0 Å². The first kappa shape index (κ1) is 13.0. The molecular weight excluding hydrogens is 232 g/mol. The lowest BCUT2D eigenvalue weighted by Crippen LogP contribution is -2.46. The Balaban J connectivity index is 2.00. The summed E-state index contributed by atoms with van der Waals surface area (Å²) in [5, 5.41) is 9.70. The van der Waals surface area contributed by atoms with Gasteiger partial charge in [0.15, 0.2) is 5.78 Å². The van der Waals surface area contributed by atoms with Crippen LogP contribution >= 0.6 is 0 Å². The molecule has 96 valence electrons. The van der Waals surface area contributed by atoms with Gasteiger partial charge in [-0.1, -0.05) is 30.3 Å². The highest BCUT2D eigenvalue weighted by atomic mass is 16.5. The molecule has 4 heteroatoms. The zero-order valence-corrected chi connectivity index (χ0v) is 10.2. The predicted octanol–water partition coefficient (Wildman–Crippen LogP) is 1.09. The van der Waals surface area contributed by atoms with Crippen molar-refractivity contribution in [1.82, 2.24) is 0 Å². The van der Waals surface area contributed by atoms with E-state index in [-0.39, 0.29) is 5.78 Å². The molecule has 0 saturated heterocycles. The second kappa shape index (κ2) is 5.91. The number of carbonyl (C=O) groups excluding carboxylic acids is 1. The number of rotatable bonds is 4. The Labute approximate surface area is 106 Å². The van der Waals surface area contributed by atoms with Gasteiger partial charge in [-0.05, 0) is 17.7 Å². The second-order valence-electron chi connectivity index (χ2n) is 4.17. The van der Waals surface area contributed by atoms with Crippen molar-refractivity contribution in [3.8, 4) is 0 Å². The Morgan fingerprint density at radius 3 is 2.67 bits per heavy atom. The van der Waals surface area contributed by atoms with Crippen molar-refractivity contribution in [3.05, 3.63) is 48.0 Å². The smallest absolute Gasteiger partial charge is 0.186 e. The van der Waals surface area contributed by atoms with E-state index in [0.29, 0.717) is 6.61 Å². The van der Waals surface area contributed by atoms with E-state index < -0.39 is 18.3 Å². The molecule has 0 fully saturated rings. The zero-order chi connectivity index (χ0) is 13.0. The number of hydrogen-bond donors (Lipinski definition) is 1. The van der Waals surface area contributed by atoms with Crippen LogP contribution in [0.2, 0.25) is 0 Å². The van der Waals surface area contributed by atoms with Gasteiger partial charge in [0.2, 0.25) is 0 Å². The fourth-order valence-corrected chi connectivity index (χ4v) is 1.92. The molecule has 3 atom stereocenters. The van der Waals surface area contributed by atoms with Gasteiger partial charge in [0, 0.05) is 7.11 Å². The highest BCUT2D eigenvalue weighted by Gasteiger charge is 2.34. The summed E-state index contributed by atoms with van der Waals surface area (Å²) >= 11 is 0. The summed E-state index contributed by atoms with van der Waals surface area (Å²) in [5.74, 6) is -0.346. The summed E-state index contributed by atoms with van der Waals surface area (Å²) in [4.78, 5) is 11.3. The lowest BCUT2D eigenvalue weighted by Gasteiger charge is -2.29. The molecule has 1 aromatic rings. The number of carbonyl (C=O) groups is 1. The standard InChI is InChI=1S/C14H16O4/c1-17-14-12(8-7-11(15)13(14)16)18-9-10-5-3-2-4-6-10/h2-8,12-14,16H,9H2,1H3/t12-,13-,14-/m1/s1. The van der Waals surface area contributed by atoms with E-state index in [2.05, 4.69) is 0 Å². The lowest BCUT2D eigenvalue weighted by molar-refractivity contribution is -0.141. The molecule has 0 aromatic heterocycles. The molecule has 1 N–H and O–H groups in total. The third kappa shape index (κ3) is 2.85. The van der Waals surface area contributed by atoms with Gasteiger partial charge in [-0.3, -0.25) is 4.79 Å².